The Morgan fingerprint density at radius 1 is 1.33 bits per heavy atom. The van der Waals surface area contributed by atoms with Crippen molar-refractivity contribution in [1.82, 2.24) is 14.9 Å². The summed E-state index contributed by atoms with van der Waals surface area (Å²) in [5.74, 6) is 2.00. The quantitative estimate of drug-likeness (QED) is 0.842. The van der Waals surface area contributed by atoms with Crippen LogP contribution in [-0.2, 0) is 11.3 Å². The number of rotatable bonds is 4. The van der Waals surface area contributed by atoms with Crippen molar-refractivity contribution in [3.63, 3.8) is 0 Å². The summed E-state index contributed by atoms with van der Waals surface area (Å²) in [5.41, 5.74) is 0.825. The van der Waals surface area contributed by atoms with E-state index in [9.17, 15) is 9.59 Å². The molecule has 8 heteroatoms. The van der Waals surface area contributed by atoms with Crippen LogP contribution in [0.2, 0.25) is 0 Å². The van der Waals surface area contributed by atoms with E-state index in [0.29, 0.717) is 23.2 Å². The summed E-state index contributed by atoms with van der Waals surface area (Å²) in [4.78, 5) is 28.3. The highest BCUT2D eigenvalue weighted by Gasteiger charge is 2.26. The second-order valence-electron chi connectivity index (χ2n) is 5.57. The zero-order valence-corrected chi connectivity index (χ0v) is 13.5. The van der Waals surface area contributed by atoms with Gasteiger partial charge in [-0.3, -0.25) is 14.2 Å². The van der Waals surface area contributed by atoms with Crippen molar-refractivity contribution in [2.75, 3.05) is 12.5 Å². The van der Waals surface area contributed by atoms with E-state index in [1.54, 1.807) is 4.57 Å². The first-order valence-corrected chi connectivity index (χ1v) is 8.55. The maximum absolute atomic E-state index is 12.2. The molecule has 1 atom stereocenters. The second-order valence-corrected chi connectivity index (χ2v) is 6.56. The summed E-state index contributed by atoms with van der Waals surface area (Å²) in [5, 5.41) is 3.56. The third kappa shape index (κ3) is 2.84. The minimum absolute atomic E-state index is 0.0955. The molecule has 24 heavy (non-hydrogen) atoms. The van der Waals surface area contributed by atoms with Gasteiger partial charge in [-0.25, -0.2) is 4.98 Å². The molecule has 1 aromatic carbocycles. The van der Waals surface area contributed by atoms with Crippen LogP contribution in [-0.4, -0.2) is 28.0 Å². The molecule has 0 spiro atoms. The molecule has 0 saturated heterocycles. The van der Waals surface area contributed by atoms with Crippen LogP contribution in [0.4, 0.5) is 0 Å². The van der Waals surface area contributed by atoms with E-state index >= 15 is 0 Å². The molecule has 0 radical (unpaired) electrons. The van der Waals surface area contributed by atoms with Gasteiger partial charge in [0.05, 0.1) is 6.04 Å². The van der Waals surface area contributed by atoms with Crippen LogP contribution in [0.1, 0.15) is 18.0 Å². The molecule has 0 fully saturated rings. The molecular formula is C16H15N3O4S. The number of thioether (sulfide) groups is 1. The maximum atomic E-state index is 12.2. The number of hydrogen-bond acceptors (Lipinski definition) is 6. The highest BCUT2D eigenvalue weighted by atomic mass is 32.2. The largest absolute Gasteiger partial charge is 0.454 e. The van der Waals surface area contributed by atoms with Crippen molar-refractivity contribution in [3.8, 4) is 11.5 Å². The predicted octanol–water partition coefficient (Wildman–Crippen LogP) is 1.33. The first-order chi connectivity index (χ1) is 11.7. The lowest BCUT2D eigenvalue weighted by atomic mass is 10.2. The van der Waals surface area contributed by atoms with Crippen LogP contribution in [0.3, 0.4) is 0 Å². The summed E-state index contributed by atoms with van der Waals surface area (Å²) >= 11 is 1.50. The summed E-state index contributed by atoms with van der Waals surface area (Å²) < 4.78 is 12.2. The number of ether oxygens (including phenoxy) is 2. The van der Waals surface area contributed by atoms with Gasteiger partial charge in [0, 0.05) is 31.0 Å². The fourth-order valence-corrected chi connectivity index (χ4v) is 3.90. The standard InChI is InChI=1S/C16H15N3O4S/c20-14(6-11-8-24-16-17-4-3-15(21)19(11)16)18-7-10-1-2-12-13(5-10)23-9-22-12/h1-5,11H,6-9H2,(H,18,20). The van der Waals surface area contributed by atoms with E-state index in [4.69, 9.17) is 9.47 Å². The average Bonchev–Trinajstić information content (AvgIpc) is 3.20. The molecule has 2 aromatic rings. The van der Waals surface area contributed by atoms with Crippen molar-refractivity contribution in [3.05, 3.63) is 46.4 Å². The van der Waals surface area contributed by atoms with Crippen molar-refractivity contribution >= 4 is 17.7 Å². The van der Waals surface area contributed by atoms with Crippen LogP contribution in [0.25, 0.3) is 0 Å². The average molecular weight is 345 g/mol. The van der Waals surface area contributed by atoms with E-state index in [-0.39, 0.29) is 30.7 Å². The smallest absolute Gasteiger partial charge is 0.254 e. The maximum Gasteiger partial charge on any atom is 0.254 e. The molecule has 3 heterocycles. The summed E-state index contributed by atoms with van der Waals surface area (Å²) in [6.45, 7) is 0.636. The molecule has 1 aromatic heterocycles. The highest BCUT2D eigenvalue weighted by Crippen LogP contribution is 2.33. The van der Waals surface area contributed by atoms with E-state index in [1.807, 2.05) is 18.2 Å². The van der Waals surface area contributed by atoms with Crippen LogP contribution in [0.15, 0.2) is 40.4 Å². The van der Waals surface area contributed by atoms with Gasteiger partial charge in [-0.2, -0.15) is 0 Å². The van der Waals surface area contributed by atoms with Crippen LogP contribution in [0, 0.1) is 0 Å². The Morgan fingerprint density at radius 3 is 3.12 bits per heavy atom. The zero-order valence-electron chi connectivity index (χ0n) is 12.7. The second kappa shape index (κ2) is 6.20. The van der Waals surface area contributed by atoms with Gasteiger partial charge in [-0.15, -0.1) is 0 Å². The van der Waals surface area contributed by atoms with Crippen molar-refractivity contribution in [1.29, 1.82) is 0 Å². The fraction of sp³-hybridized carbons (Fsp3) is 0.312. The van der Waals surface area contributed by atoms with Crippen LogP contribution >= 0.6 is 11.8 Å². The molecule has 1 amide bonds. The minimum atomic E-state index is -0.150. The third-order valence-electron chi connectivity index (χ3n) is 3.96. The number of hydrogen-bond donors (Lipinski definition) is 1. The van der Waals surface area contributed by atoms with E-state index in [0.717, 1.165) is 11.3 Å². The fourth-order valence-electron chi connectivity index (χ4n) is 2.78. The monoisotopic (exact) mass is 345 g/mol. The Kier molecular flexibility index (Phi) is 3.89. The van der Waals surface area contributed by atoms with Crippen LogP contribution < -0.4 is 20.3 Å². The number of nitrogens with one attached hydrogen (secondary N) is 1. The Balaban J connectivity index is 1.38. The molecular weight excluding hydrogens is 330 g/mol. The Hall–Kier alpha value is -2.48. The van der Waals surface area contributed by atoms with Crippen molar-refractivity contribution < 1.29 is 14.3 Å². The van der Waals surface area contributed by atoms with E-state index < -0.39 is 0 Å². The predicted molar refractivity (Wildman–Crippen MR) is 87.3 cm³/mol. The van der Waals surface area contributed by atoms with E-state index in [1.165, 1.54) is 24.0 Å². The van der Waals surface area contributed by atoms with Gasteiger partial charge in [0.2, 0.25) is 12.7 Å². The molecule has 0 saturated carbocycles. The normalized spacial score (nSPS) is 17.6. The number of carbonyl (C=O) groups excluding carboxylic acids is 1. The lowest BCUT2D eigenvalue weighted by Gasteiger charge is -2.13. The topological polar surface area (TPSA) is 82.5 Å². The first-order valence-electron chi connectivity index (χ1n) is 7.56. The SMILES string of the molecule is O=C(CC1CSc2nccc(=O)n21)NCc1ccc2c(c1)OCO2. The molecule has 4 rings (SSSR count). The zero-order chi connectivity index (χ0) is 16.5. The number of amides is 1. The van der Waals surface area contributed by atoms with Gasteiger partial charge in [0.1, 0.15) is 0 Å². The number of carbonyl (C=O) groups is 1. The summed E-state index contributed by atoms with van der Waals surface area (Å²) in [6.07, 6.45) is 1.76. The minimum Gasteiger partial charge on any atom is -0.454 e. The first kappa shape index (κ1) is 15.1. The van der Waals surface area contributed by atoms with Gasteiger partial charge in [0.25, 0.3) is 5.56 Å². The van der Waals surface area contributed by atoms with Gasteiger partial charge in [-0.1, -0.05) is 17.8 Å². The number of nitrogens with zero attached hydrogens (tertiary/aromatic N) is 2. The Morgan fingerprint density at radius 2 is 2.21 bits per heavy atom. The molecule has 2 aliphatic rings. The number of fused-ring (bicyclic) bond motifs is 2. The van der Waals surface area contributed by atoms with Gasteiger partial charge in [-0.05, 0) is 17.7 Å². The number of aromatic nitrogens is 2. The van der Waals surface area contributed by atoms with E-state index in [2.05, 4.69) is 10.3 Å². The highest BCUT2D eigenvalue weighted by molar-refractivity contribution is 7.99. The molecule has 1 N–H and O–H groups in total. The molecule has 2 aliphatic heterocycles. The molecule has 0 bridgehead atoms. The lowest BCUT2D eigenvalue weighted by molar-refractivity contribution is -0.121. The lowest BCUT2D eigenvalue weighted by Crippen LogP contribution is -2.30. The van der Waals surface area contributed by atoms with Crippen LogP contribution in [0.5, 0.6) is 11.5 Å². The van der Waals surface area contributed by atoms with Crippen molar-refractivity contribution in [2.24, 2.45) is 0 Å². The number of benzene rings is 1. The molecule has 1 unspecified atom stereocenters. The molecule has 7 nitrogen and oxygen atoms in total. The van der Waals surface area contributed by atoms with Gasteiger partial charge in [0.15, 0.2) is 16.7 Å². The Labute approximate surface area is 142 Å². The molecule has 0 aliphatic carbocycles. The van der Waals surface area contributed by atoms with Crippen molar-refractivity contribution in [2.45, 2.75) is 24.2 Å². The van der Waals surface area contributed by atoms with Gasteiger partial charge < -0.3 is 14.8 Å². The molecule has 124 valence electrons. The Bertz CT molecular complexity index is 851. The summed E-state index contributed by atoms with van der Waals surface area (Å²) in [7, 11) is 0. The van der Waals surface area contributed by atoms with Gasteiger partial charge >= 0.3 is 0 Å². The third-order valence-corrected chi connectivity index (χ3v) is 5.07. The summed E-state index contributed by atoms with van der Waals surface area (Å²) in [6, 6.07) is 6.86.